The summed E-state index contributed by atoms with van der Waals surface area (Å²) in [7, 11) is 1.56. The van der Waals surface area contributed by atoms with Crippen molar-refractivity contribution < 1.29 is 4.79 Å². The zero-order chi connectivity index (χ0) is 11.0. The van der Waals surface area contributed by atoms with E-state index in [1.807, 2.05) is 0 Å². The Morgan fingerprint density at radius 2 is 2.14 bits per heavy atom. The first kappa shape index (κ1) is 12.7. The van der Waals surface area contributed by atoms with E-state index in [1.54, 1.807) is 7.05 Å². The van der Waals surface area contributed by atoms with Gasteiger partial charge in [0.25, 0.3) is 0 Å². The standard InChI is InChI=1S/C8H19N5O/c1-6(2)4-11-8(13-9)12-5-7(14)10-3/h6H,4-5,9H2,1-3H3,(H,10,14)(H2,11,12,13). The smallest absolute Gasteiger partial charge is 0.241 e. The first-order valence-electron chi connectivity index (χ1n) is 4.55. The number of amides is 1. The number of carbonyl (C=O) groups is 1. The Balaban J connectivity index is 3.92. The van der Waals surface area contributed by atoms with Gasteiger partial charge in [0.1, 0.15) is 6.54 Å². The SMILES string of the molecule is CNC(=O)CN=C(NN)NCC(C)C. The molecule has 0 bridgehead atoms. The van der Waals surface area contributed by atoms with Crippen molar-refractivity contribution in [2.45, 2.75) is 13.8 Å². The van der Waals surface area contributed by atoms with Gasteiger partial charge in [0, 0.05) is 13.6 Å². The second-order valence-corrected chi connectivity index (χ2v) is 3.26. The fourth-order valence-corrected chi connectivity index (χ4v) is 0.683. The molecule has 6 nitrogen and oxygen atoms in total. The van der Waals surface area contributed by atoms with Crippen LogP contribution in [0.3, 0.4) is 0 Å². The van der Waals surface area contributed by atoms with Crippen molar-refractivity contribution in [1.29, 1.82) is 0 Å². The van der Waals surface area contributed by atoms with Gasteiger partial charge in [0.15, 0.2) is 0 Å². The Hall–Kier alpha value is -1.30. The fourth-order valence-electron chi connectivity index (χ4n) is 0.683. The van der Waals surface area contributed by atoms with Crippen LogP contribution < -0.4 is 21.9 Å². The lowest BCUT2D eigenvalue weighted by Gasteiger charge is -2.10. The van der Waals surface area contributed by atoms with E-state index in [9.17, 15) is 4.79 Å². The van der Waals surface area contributed by atoms with E-state index in [1.165, 1.54) is 0 Å². The highest BCUT2D eigenvalue weighted by atomic mass is 16.1. The normalized spacial score (nSPS) is 11.4. The van der Waals surface area contributed by atoms with Gasteiger partial charge in [-0.05, 0) is 5.92 Å². The zero-order valence-corrected chi connectivity index (χ0v) is 8.92. The second kappa shape index (κ2) is 7.14. The molecule has 0 radical (unpaired) electrons. The van der Waals surface area contributed by atoms with Crippen molar-refractivity contribution in [2.75, 3.05) is 20.1 Å². The van der Waals surface area contributed by atoms with Gasteiger partial charge in [-0.3, -0.25) is 10.2 Å². The molecule has 0 heterocycles. The molecule has 0 spiro atoms. The number of nitrogens with one attached hydrogen (secondary N) is 3. The Kier molecular flexibility index (Phi) is 6.47. The molecule has 0 fully saturated rings. The molecule has 82 valence electrons. The Morgan fingerprint density at radius 1 is 1.50 bits per heavy atom. The van der Waals surface area contributed by atoms with Crippen LogP contribution in [-0.2, 0) is 4.79 Å². The average Bonchev–Trinajstić information content (AvgIpc) is 2.17. The number of rotatable bonds is 4. The molecule has 0 aromatic heterocycles. The molecule has 14 heavy (non-hydrogen) atoms. The largest absolute Gasteiger partial charge is 0.358 e. The van der Waals surface area contributed by atoms with Gasteiger partial charge in [-0.15, -0.1) is 0 Å². The number of carbonyl (C=O) groups excluding carboxylic acids is 1. The Morgan fingerprint density at radius 3 is 2.57 bits per heavy atom. The lowest BCUT2D eigenvalue weighted by Crippen LogP contribution is -2.43. The third kappa shape index (κ3) is 6.24. The molecule has 0 aromatic carbocycles. The van der Waals surface area contributed by atoms with Crippen LogP contribution in [0.25, 0.3) is 0 Å². The highest BCUT2D eigenvalue weighted by molar-refractivity contribution is 5.84. The molecule has 0 saturated heterocycles. The van der Waals surface area contributed by atoms with Gasteiger partial charge < -0.3 is 10.6 Å². The first-order chi connectivity index (χ1) is 6.60. The fraction of sp³-hybridized carbons (Fsp3) is 0.750. The molecule has 0 atom stereocenters. The summed E-state index contributed by atoms with van der Waals surface area (Å²) in [6, 6.07) is 0. The Bertz CT molecular complexity index is 202. The van der Waals surface area contributed by atoms with Crippen molar-refractivity contribution in [2.24, 2.45) is 16.8 Å². The van der Waals surface area contributed by atoms with Crippen molar-refractivity contribution >= 4 is 11.9 Å². The molecule has 0 aliphatic carbocycles. The number of hydrogen-bond acceptors (Lipinski definition) is 3. The molecular formula is C8H19N5O. The van der Waals surface area contributed by atoms with E-state index in [-0.39, 0.29) is 12.5 Å². The summed E-state index contributed by atoms with van der Waals surface area (Å²) in [6.45, 7) is 4.97. The summed E-state index contributed by atoms with van der Waals surface area (Å²) in [5.74, 6) is 5.99. The molecule has 0 unspecified atom stereocenters. The summed E-state index contributed by atoms with van der Waals surface area (Å²) < 4.78 is 0. The van der Waals surface area contributed by atoms with Crippen LogP contribution >= 0.6 is 0 Å². The molecule has 1 amide bonds. The van der Waals surface area contributed by atoms with Gasteiger partial charge in [0.05, 0.1) is 0 Å². The van der Waals surface area contributed by atoms with Crippen molar-refractivity contribution in [3.8, 4) is 0 Å². The number of guanidine groups is 1. The van der Waals surface area contributed by atoms with Gasteiger partial charge in [-0.25, -0.2) is 10.8 Å². The van der Waals surface area contributed by atoms with Crippen LogP contribution in [0.2, 0.25) is 0 Å². The van der Waals surface area contributed by atoms with Crippen molar-refractivity contribution in [3.63, 3.8) is 0 Å². The molecule has 6 heteroatoms. The molecule has 0 aromatic rings. The lowest BCUT2D eigenvalue weighted by atomic mass is 10.2. The topological polar surface area (TPSA) is 91.5 Å². The third-order valence-electron chi connectivity index (χ3n) is 1.47. The monoisotopic (exact) mass is 201 g/mol. The molecular weight excluding hydrogens is 182 g/mol. The molecule has 0 aliphatic heterocycles. The summed E-state index contributed by atoms with van der Waals surface area (Å²) in [4.78, 5) is 14.8. The van der Waals surface area contributed by atoms with Gasteiger partial charge in [-0.2, -0.15) is 0 Å². The van der Waals surface area contributed by atoms with Crippen LogP contribution in [0.15, 0.2) is 4.99 Å². The second-order valence-electron chi connectivity index (χ2n) is 3.26. The molecule has 0 saturated carbocycles. The van der Waals surface area contributed by atoms with E-state index in [4.69, 9.17) is 5.84 Å². The van der Waals surface area contributed by atoms with Crippen molar-refractivity contribution in [1.82, 2.24) is 16.1 Å². The predicted octanol–water partition coefficient (Wildman–Crippen LogP) is -1.20. The minimum atomic E-state index is -0.149. The van der Waals surface area contributed by atoms with E-state index in [2.05, 4.69) is 34.9 Å². The number of hydrogen-bond donors (Lipinski definition) is 4. The van der Waals surface area contributed by atoms with Crippen LogP contribution in [0.4, 0.5) is 0 Å². The summed E-state index contributed by atoms with van der Waals surface area (Å²) in [5.41, 5.74) is 2.40. The third-order valence-corrected chi connectivity index (χ3v) is 1.47. The maximum atomic E-state index is 10.9. The van der Waals surface area contributed by atoms with Crippen LogP contribution in [0.1, 0.15) is 13.8 Å². The summed E-state index contributed by atoms with van der Waals surface area (Å²) >= 11 is 0. The van der Waals surface area contributed by atoms with Crippen LogP contribution in [-0.4, -0.2) is 32.0 Å². The molecule has 0 rings (SSSR count). The number of nitrogens with zero attached hydrogens (tertiary/aromatic N) is 1. The maximum absolute atomic E-state index is 10.9. The van der Waals surface area contributed by atoms with Gasteiger partial charge in [-0.1, -0.05) is 13.8 Å². The zero-order valence-electron chi connectivity index (χ0n) is 8.92. The molecule has 5 N–H and O–H groups in total. The Labute approximate surface area is 84.3 Å². The maximum Gasteiger partial charge on any atom is 0.241 e. The van der Waals surface area contributed by atoms with Crippen molar-refractivity contribution in [3.05, 3.63) is 0 Å². The summed E-state index contributed by atoms with van der Waals surface area (Å²) in [6.07, 6.45) is 0. The number of hydrazine groups is 1. The van der Waals surface area contributed by atoms with Gasteiger partial charge in [0.2, 0.25) is 11.9 Å². The highest BCUT2D eigenvalue weighted by Crippen LogP contribution is 1.86. The first-order valence-corrected chi connectivity index (χ1v) is 4.55. The highest BCUT2D eigenvalue weighted by Gasteiger charge is 1.99. The number of likely N-dealkylation sites (N-methyl/N-ethyl adjacent to an activating group) is 1. The van der Waals surface area contributed by atoms with Crippen LogP contribution in [0.5, 0.6) is 0 Å². The van der Waals surface area contributed by atoms with E-state index in [0.717, 1.165) is 6.54 Å². The predicted molar refractivity (Wildman–Crippen MR) is 56.5 cm³/mol. The minimum Gasteiger partial charge on any atom is -0.358 e. The lowest BCUT2D eigenvalue weighted by molar-refractivity contribution is -0.119. The minimum absolute atomic E-state index is 0.0706. The van der Waals surface area contributed by atoms with E-state index < -0.39 is 0 Å². The van der Waals surface area contributed by atoms with E-state index in [0.29, 0.717) is 11.9 Å². The number of nitrogens with two attached hydrogens (primary N) is 1. The number of aliphatic imine (C=N–C) groups is 1. The van der Waals surface area contributed by atoms with E-state index >= 15 is 0 Å². The average molecular weight is 201 g/mol. The summed E-state index contributed by atoms with van der Waals surface area (Å²) in [5, 5.41) is 5.45. The van der Waals surface area contributed by atoms with Gasteiger partial charge >= 0.3 is 0 Å². The molecule has 0 aliphatic rings. The quantitative estimate of drug-likeness (QED) is 0.199. The van der Waals surface area contributed by atoms with Crippen LogP contribution in [0, 0.1) is 5.92 Å².